The van der Waals surface area contributed by atoms with Gasteiger partial charge in [0.05, 0.1) is 18.8 Å². The Labute approximate surface area is 197 Å². The van der Waals surface area contributed by atoms with Crippen LogP contribution in [-0.4, -0.2) is 80.3 Å². The molecule has 1 fully saturated rings. The van der Waals surface area contributed by atoms with Gasteiger partial charge in [-0.1, -0.05) is 13.8 Å². The van der Waals surface area contributed by atoms with Crippen molar-refractivity contribution >= 4 is 29.6 Å². The number of nitrogens with one attached hydrogen (secondary N) is 3. The average molecular weight is 480 g/mol. The number of hydrogen-bond acceptors (Lipinski definition) is 7. The van der Waals surface area contributed by atoms with E-state index in [1.54, 1.807) is 0 Å². The Kier molecular flexibility index (Phi) is 9.54. The minimum Gasteiger partial charge on any atom is -0.480 e. The summed E-state index contributed by atoms with van der Waals surface area (Å²) in [6.45, 7) is 3.99. The first-order chi connectivity index (χ1) is 16.0. The van der Waals surface area contributed by atoms with E-state index in [4.69, 9.17) is 11.5 Å². The van der Waals surface area contributed by atoms with Crippen LogP contribution < -0.4 is 22.1 Å². The lowest BCUT2D eigenvalue weighted by atomic mass is 10.0. The number of imidazole rings is 1. The second kappa shape index (κ2) is 12.1. The summed E-state index contributed by atoms with van der Waals surface area (Å²) in [6, 6.07) is -4.34. The molecule has 1 aliphatic heterocycles. The van der Waals surface area contributed by atoms with Gasteiger partial charge in [0.2, 0.25) is 23.6 Å². The lowest BCUT2D eigenvalue weighted by Crippen LogP contribution is -2.57. The molecule has 1 aromatic rings. The van der Waals surface area contributed by atoms with Crippen molar-refractivity contribution in [2.45, 2.75) is 70.1 Å². The first-order valence-corrected chi connectivity index (χ1v) is 11.1. The predicted octanol–water partition coefficient (Wildman–Crippen LogP) is -1.75. The molecule has 2 heterocycles. The number of H-pyrrole nitrogens is 1. The van der Waals surface area contributed by atoms with Crippen molar-refractivity contribution in [3.63, 3.8) is 0 Å². The zero-order chi connectivity index (χ0) is 25.4. The summed E-state index contributed by atoms with van der Waals surface area (Å²) in [5, 5.41) is 14.4. The highest BCUT2D eigenvalue weighted by atomic mass is 16.4. The van der Waals surface area contributed by atoms with Crippen LogP contribution in [0.25, 0.3) is 0 Å². The fraction of sp³-hybridized carbons (Fsp3) is 0.619. The lowest BCUT2D eigenvalue weighted by molar-refractivity contribution is -0.145. The number of aromatic nitrogens is 2. The molecule has 188 valence electrons. The summed E-state index contributed by atoms with van der Waals surface area (Å²) in [5.41, 5.74) is 11.7. The monoisotopic (exact) mass is 479 g/mol. The number of carbonyl (C=O) groups excluding carboxylic acids is 4. The Hall–Kier alpha value is -3.48. The molecule has 4 atom stereocenters. The smallest absolute Gasteiger partial charge is 0.326 e. The molecule has 2 rings (SSSR count). The highest BCUT2D eigenvalue weighted by molar-refractivity contribution is 5.96. The molecule has 0 spiro atoms. The van der Waals surface area contributed by atoms with Gasteiger partial charge in [0.15, 0.2) is 0 Å². The molecule has 8 N–H and O–H groups in total. The topological polar surface area (TPSA) is 214 Å². The number of carboxylic acid groups (broad SMARTS) is 1. The Bertz CT molecular complexity index is 888. The van der Waals surface area contributed by atoms with Crippen LogP contribution in [0.2, 0.25) is 0 Å². The fourth-order valence-electron chi connectivity index (χ4n) is 3.88. The third kappa shape index (κ3) is 7.54. The van der Waals surface area contributed by atoms with Crippen molar-refractivity contribution in [2.24, 2.45) is 17.4 Å². The summed E-state index contributed by atoms with van der Waals surface area (Å²) < 4.78 is 0. The molecule has 1 aromatic heterocycles. The Morgan fingerprint density at radius 2 is 1.94 bits per heavy atom. The lowest BCUT2D eigenvalue weighted by Gasteiger charge is -2.29. The van der Waals surface area contributed by atoms with Gasteiger partial charge < -0.3 is 37.1 Å². The third-order valence-corrected chi connectivity index (χ3v) is 5.51. The van der Waals surface area contributed by atoms with Crippen LogP contribution in [0, 0.1) is 5.92 Å². The first-order valence-electron chi connectivity index (χ1n) is 11.1. The summed E-state index contributed by atoms with van der Waals surface area (Å²) in [7, 11) is 0. The Balaban J connectivity index is 2.11. The number of amides is 4. The molecule has 0 radical (unpaired) electrons. The Morgan fingerprint density at radius 3 is 2.50 bits per heavy atom. The number of nitrogens with zero attached hydrogens (tertiary/aromatic N) is 2. The summed E-state index contributed by atoms with van der Waals surface area (Å²) in [6.07, 6.45) is 3.55. The number of aromatic amines is 1. The SMILES string of the molecule is CC(C)CC(N)C(=O)NC(CC(N)=O)C(=O)N1CCCC1C(=O)NC(Cc1cnc[nH]1)C(=O)O. The van der Waals surface area contributed by atoms with Gasteiger partial charge in [0, 0.05) is 24.9 Å². The number of likely N-dealkylation sites (tertiary alicyclic amines) is 1. The predicted molar refractivity (Wildman–Crippen MR) is 120 cm³/mol. The molecule has 34 heavy (non-hydrogen) atoms. The van der Waals surface area contributed by atoms with E-state index in [1.165, 1.54) is 17.4 Å². The van der Waals surface area contributed by atoms with Crippen LogP contribution in [-0.2, 0) is 30.4 Å². The average Bonchev–Trinajstić information content (AvgIpc) is 3.43. The third-order valence-electron chi connectivity index (χ3n) is 5.51. The van der Waals surface area contributed by atoms with Crippen molar-refractivity contribution in [1.82, 2.24) is 25.5 Å². The maximum atomic E-state index is 13.2. The molecular formula is C21H33N7O6. The molecule has 0 aromatic carbocycles. The maximum Gasteiger partial charge on any atom is 0.326 e. The van der Waals surface area contributed by atoms with E-state index in [-0.39, 0.29) is 18.9 Å². The highest BCUT2D eigenvalue weighted by Crippen LogP contribution is 2.20. The van der Waals surface area contributed by atoms with Crippen molar-refractivity contribution in [3.05, 3.63) is 18.2 Å². The van der Waals surface area contributed by atoms with Crippen LogP contribution in [0.15, 0.2) is 12.5 Å². The van der Waals surface area contributed by atoms with E-state index in [2.05, 4.69) is 20.6 Å². The quantitative estimate of drug-likeness (QED) is 0.202. The van der Waals surface area contributed by atoms with Gasteiger partial charge in [-0.15, -0.1) is 0 Å². The van der Waals surface area contributed by atoms with Gasteiger partial charge in [-0.05, 0) is 25.2 Å². The summed E-state index contributed by atoms with van der Waals surface area (Å²) in [4.78, 5) is 69.6. The van der Waals surface area contributed by atoms with Crippen LogP contribution in [0.3, 0.4) is 0 Å². The standard InChI is InChI=1S/C21H33N7O6/c1-11(2)6-13(22)18(30)26-14(8-17(23)29)20(32)28-5-3-4-16(28)19(31)27-15(21(33)34)7-12-9-24-10-25-12/h9-11,13-16H,3-8,22H2,1-2H3,(H2,23,29)(H,24,25)(H,26,30)(H,27,31)(H,33,34). The van der Waals surface area contributed by atoms with Crippen molar-refractivity contribution < 1.29 is 29.1 Å². The van der Waals surface area contributed by atoms with E-state index in [1.807, 2.05) is 13.8 Å². The molecule has 13 nitrogen and oxygen atoms in total. The van der Waals surface area contributed by atoms with Crippen molar-refractivity contribution in [2.75, 3.05) is 6.54 Å². The first kappa shape index (κ1) is 26.8. The van der Waals surface area contributed by atoms with E-state index < -0.39 is 60.2 Å². The second-order valence-corrected chi connectivity index (χ2v) is 8.84. The van der Waals surface area contributed by atoms with Gasteiger partial charge in [0.1, 0.15) is 18.1 Å². The number of aliphatic carboxylic acids is 1. The highest BCUT2D eigenvalue weighted by Gasteiger charge is 2.39. The van der Waals surface area contributed by atoms with Gasteiger partial charge in [0.25, 0.3) is 0 Å². The van der Waals surface area contributed by atoms with Crippen LogP contribution in [0.1, 0.15) is 45.2 Å². The normalized spacial score (nSPS) is 18.2. The molecule has 4 amide bonds. The Morgan fingerprint density at radius 1 is 1.24 bits per heavy atom. The van der Waals surface area contributed by atoms with Gasteiger partial charge in [-0.2, -0.15) is 0 Å². The number of carbonyl (C=O) groups is 5. The minimum absolute atomic E-state index is 0.0180. The largest absolute Gasteiger partial charge is 0.480 e. The van der Waals surface area contributed by atoms with Crippen molar-refractivity contribution in [1.29, 1.82) is 0 Å². The molecular weight excluding hydrogens is 446 g/mol. The number of nitrogens with two attached hydrogens (primary N) is 2. The number of hydrogen-bond donors (Lipinski definition) is 6. The van der Waals surface area contributed by atoms with Crippen LogP contribution in [0.5, 0.6) is 0 Å². The van der Waals surface area contributed by atoms with E-state index in [9.17, 15) is 29.1 Å². The molecule has 1 aliphatic rings. The zero-order valence-corrected chi connectivity index (χ0v) is 19.3. The van der Waals surface area contributed by atoms with Gasteiger partial charge >= 0.3 is 5.97 Å². The van der Waals surface area contributed by atoms with E-state index in [0.717, 1.165) is 0 Å². The molecule has 0 bridgehead atoms. The molecule has 13 heteroatoms. The zero-order valence-electron chi connectivity index (χ0n) is 19.3. The van der Waals surface area contributed by atoms with Crippen LogP contribution >= 0.6 is 0 Å². The van der Waals surface area contributed by atoms with Crippen LogP contribution in [0.4, 0.5) is 0 Å². The van der Waals surface area contributed by atoms with Crippen molar-refractivity contribution in [3.8, 4) is 0 Å². The van der Waals surface area contributed by atoms with E-state index in [0.29, 0.717) is 25.0 Å². The fourth-order valence-corrected chi connectivity index (χ4v) is 3.88. The molecule has 0 aliphatic carbocycles. The molecule has 0 saturated carbocycles. The molecule has 1 saturated heterocycles. The minimum atomic E-state index is -1.28. The number of carboxylic acids is 1. The summed E-state index contributed by atoms with van der Waals surface area (Å²) in [5.74, 6) is -3.79. The number of primary amides is 1. The summed E-state index contributed by atoms with van der Waals surface area (Å²) >= 11 is 0. The van der Waals surface area contributed by atoms with Gasteiger partial charge in [-0.25, -0.2) is 9.78 Å². The number of rotatable bonds is 12. The van der Waals surface area contributed by atoms with E-state index >= 15 is 0 Å². The molecule has 4 unspecified atom stereocenters. The maximum absolute atomic E-state index is 13.2. The van der Waals surface area contributed by atoms with Gasteiger partial charge in [-0.3, -0.25) is 19.2 Å². The second-order valence-electron chi connectivity index (χ2n) is 8.84.